The zero-order valence-electron chi connectivity index (χ0n) is 29.3. The zero-order valence-corrected chi connectivity index (χ0v) is 30.9. The van der Waals surface area contributed by atoms with Crippen molar-refractivity contribution < 1.29 is 40.3 Å². The Kier molecular flexibility index (Phi) is 15.9. The van der Waals surface area contributed by atoms with Gasteiger partial charge in [-0.2, -0.15) is 16.8 Å². The summed E-state index contributed by atoms with van der Waals surface area (Å²) in [4.78, 5) is 33.7. The molecule has 3 rings (SSSR count). The molecule has 0 heterocycles. The van der Waals surface area contributed by atoms with Crippen LogP contribution in [0, 0.1) is 20.8 Å². The molecule has 15 heteroatoms. The molecule has 0 radical (unpaired) electrons. The number of nitrogens with zero attached hydrogens (tertiary/aromatic N) is 2. The van der Waals surface area contributed by atoms with Crippen molar-refractivity contribution in [3.05, 3.63) is 94.1 Å². The Hall–Kier alpha value is -3.99. The number of allylic oxidation sites excluding steroid dienone is 5. The summed E-state index contributed by atoms with van der Waals surface area (Å²) in [5.41, 5.74) is 9.87. The maximum absolute atomic E-state index is 14.1. The number of carbonyl (C=O) groups excluding carboxylic acids is 2. The van der Waals surface area contributed by atoms with Crippen LogP contribution in [0.25, 0.3) is 5.57 Å². The van der Waals surface area contributed by atoms with Gasteiger partial charge in [0, 0.05) is 24.2 Å². The van der Waals surface area contributed by atoms with Crippen molar-refractivity contribution in [3.8, 4) is 5.75 Å². The number of aryl methyl sites for hydroxylation is 3. The van der Waals surface area contributed by atoms with E-state index in [1.54, 1.807) is 50.3 Å². The molecule has 13 nitrogen and oxygen atoms in total. The maximum Gasteiger partial charge on any atom is 0.344 e. The molecule has 0 saturated heterocycles. The monoisotopic (exact) mass is 744 g/mol. The summed E-state index contributed by atoms with van der Waals surface area (Å²) in [5.74, 6) is -1.37. The molecular formula is C36H48N4O9S2. The Bertz CT molecular complexity index is 1880. The molecular weight excluding hydrogens is 697 g/mol. The standard InChI is InChI=1S/C36H48N4O9S2/c1-26-12-4-5-13-30(26)33(31-14-6-7-15-32(31)38-18-10-22-50(43,44)45)36(42)49-34-27(2)24-29(25-28(34)3)35(41)39-17-9-20-40(19-8-16-37)21-11-23-51(46,47)48/h4-7,12-15,24-25H,8-11,16-23,37H2,1-3H3,(H,39,41)(H,43,44,45)(H,46,47,48)/b33-31+,38-32+. The molecule has 278 valence electrons. The topological polar surface area (TPSA) is 206 Å². The van der Waals surface area contributed by atoms with Gasteiger partial charge in [0.05, 0.1) is 22.8 Å². The minimum Gasteiger partial charge on any atom is -0.422 e. The van der Waals surface area contributed by atoms with Crippen molar-refractivity contribution in [3.63, 3.8) is 0 Å². The number of nitrogens with two attached hydrogens (primary N) is 1. The first-order valence-corrected chi connectivity index (χ1v) is 20.0. The number of amides is 1. The average molecular weight is 745 g/mol. The summed E-state index contributed by atoms with van der Waals surface area (Å²) in [7, 11) is -8.16. The van der Waals surface area contributed by atoms with Gasteiger partial charge in [0.25, 0.3) is 26.1 Å². The van der Waals surface area contributed by atoms with E-state index in [0.29, 0.717) is 78.4 Å². The lowest BCUT2D eigenvalue weighted by Crippen LogP contribution is -2.32. The molecule has 51 heavy (non-hydrogen) atoms. The minimum absolute atomic E-state index is 0.0997. The normalized spacial score (nSPS) is 15.0. The quantitative estimate of drug-likeness (QED) is 0.0534. The van der Waals surface area contributed by atoms with E-state index >= 15 is 0 Å². The van der Waals surface area contributed by atoms with Crippen molar-refractivity contribution in [2.24, 2.45) is 10.7 Å². The van der Waals surface area contributed by atoms with E-state index in [9.17, 15) is 26.4 Å². The predicted octanol–water partition coefficient (Wildman–Crippen LogP) is 3.86. The van der Waals surface area contributed by atoms with E-state index in [1.807, 2.05) is 31.2 Å². The Morgan fingerprint density at radius 3 is 2.10 bits per heavy atom. The summed E-state index contributed by atoms with van der Waals surface area (Å²) in [5, 5.41) is 2.91. The largest absolute Gasteiger partial charge is 0.422 e. The zero-order chi connectivity index (χ0) is 37.6. The van der Waals surface area contributed by atoms with Crippen LogP contribution >= 0.6 is 0 Å². The fraction of sp³-hybridized carbons (Fsp3) is 0.417. The van der Waals surface area contributed by atoms with Gasteiger partial charge < -0.3 is 20.7 Å². The molecule has 0 aliphatic heterocycles. The molecule has 2 aromatic rings. The maximum atomic E-state index is 14.1. The van der Waals surface area contributed by atoms with Crippen LogP contribution in [0.3, 0.4) is 0 Å². The molecule has 1 aliphatic carbocycles. The average Bonchev–Trinajstić information content (AvgIpc) is 3.05. The van der Waals surface area contributed by atoms with Crippen molar-refractivity contribution >= 4 is 43.4 Å². The highest BCUT2D eigenvalue weighted by molar-refractivity contribution is 7.86. The number of hydrogen-bond donors (Lipinski definition) is 4. The third-order valence-corrected chi connectivity index (χ3v) is 9.65. The smallest absolute Gasteiger partial charge is 0.344 e. The second kappa shape index (κ2) is 19.6. The van der Waals surface area contributed by atoms with Crippen molar-refractivity contribution in [1.82, 2.24) is 10.2 Å². The van der Waals surface area contributed by atoms with E-state index in [4.69, 9.17) is 19.6 Å². The SMILES string of the molecule is Cc1ccccc1/C(C(=O)Oc1c(C)cc(C(=O)NCCCN(CCCN)CCCS(=O)(=O)O)cc1C)=C1/C=CC=C/C1=N\CCCS(=O)(=O)O. The number of rotatable bonds is 19. The van der Waals surface area contributed by atoms with Gasteiger partial charge in [0.15, 0.2) is 0 Å². The molecule has 1 amide bonds. The third-order valence-electron chi connectivity index (χ3n) is 8.04. The molecule has 0 atom stereocenters. The second-order valence-corrected chi connectivity index (χ2v) is 15.4. The number of ether oxygens (including phenoxy) is 1. The van der Waals surface area contributed by atoms with Crippen LogP contribution in [0.5, 0.6) is 5.75 Å². The van der Waals surface area contributed by atoms with Crippen LogP contribution in [-0.4, -0.2) is 99.2 Å². The highest BCUT2D eigenvalue weighted by atomic mass is 32.2. The van der Waals surface area contributed by atoms with E-state index in [-0.39, 0.29) is 36.6 Å². The summed E-state index contributed by atoms with van der Waals surface area (Å²) in [6.45, 7) is 8.12. The van der Waals surface area contributed by atoms with Gasteiger partial charge in [-0.25, -0.2) is 4.79 Å². The number of benzene rings is 2. The second-order valence-electron chi connectivity index (χ2n) is 12.3. The van der Waals surface area contributed by atoms with Gasteiger partial charge in [0.1, 0.15) is 5.75 Å². The van der Waals surface area contributed by atoms with Crippen molar-refractivity contribution in [2.45, 2.75) is 46.5 Å². The van der Waals surface area contributed by atoms with E-state index in [2.05, 4.69) is 15.2 Å². The van der Waals surface area contributed by atoms with Crippen LogP contribution in [0.2, 0.25) is 0 Å². The van der Waals surface area contributed by atoms with Crippen molar-refractivity contribution in [1.29, 1.82) is 0 Å². The fourth-order valence-electron chi connectivity index (χ4n) is 5.60. The summed E-state index contributed by atoms with van der Waals surface area (Å²) in [6.07, 6.45) is 8.73. The Morgan fingerprint density at radius 2 is 1.45 bits per heavy atom. The van der Waals surface area contributed by atoms with Crippen LogP contribution in [-0.2, 0) is 25.0 Å². The number of nitrogens with one attached hydrogen (secondary N) is 1. The molecule has 0 saturated carbocycles. The lowest BCUT2D eigenvalue weighted by Gasteiger charge is -2.22. The van der Waals surface area contributed by atoms with Crippen LogP contribution in [0.4, 0.5) is 0 Å². The van der Waals surface area contributed by atoms with Crippen molar-refractivity contribution in [2.75, 3.05) is 50.8 Å². The summed E-state index contributed by atoms with van der Waals surface area (Å²) >= 11 is 0. The molecule has 2 aromatic carbocycles. The summed E-state index contributed by atoms with van der Waals surface area (Å²) < 4.78 is 68.7. The first-order valence-electron chi connectivity index (χ1n) is 16.7. The molecule has 0 unspecified atom stereocenters. The third kappa shape index (κ3) is 13.9. The predicted molar refractivity (Wildman–Crippen MR) is 199 cm³/mol. The van der Waals surface area contributed by atoms with Gasteiger partial charge >= 0.3 is 5.97 Å². The highest BCUT2D eigenvalue weighted by Crippen LogP contribution is 2.31. The Labute approximate surface area is 300 Å². The fourth-order valence-corrected chi connectivity index (χ4v) is 6.59. The lowest BCUT2D eigenvalue weighted by molar-refractivity contribution is -0.128. The Morgan fingerprint density at radius 1 is 0.843 bits per heavy atom. The first-order chi connectivity index (χ1) is 24.1. The van der Waals surface area contributed by atoms with Crippen LogP contribution in [0.15, 0.2) is 71.3 Å². The van der Waals surface area contributed by atoms with Gasteiger partial charge in [-0.1, -0.05) is 42.5 Å². The van der Waals surface area contributed by atoms with E-state index in [0.717, 1.165) is 12.0 Å². The van der Waals surface area contributed by atoms with Gasteiger partial charge in [-0.3, -0.25) is 18.9 Å². The molecule has 0 spiro atoms. The first kappa shape index (κ1) is 41.4. The number of hydrogen-bond acceptors (Lipinski definition) is 10. The minimum atomic E-state index is -4.13. The van der Waals surface area contributed by atoms with Crippen LogP contribution < -0.4 is 15.8 Å². The van der Waals surface area contributed by atoms with Gasteiger partial charge in [0.2, 0.25) is 0 Å². The molecule has 0 bridgehead atoms. The number of aliphatic imine (C=N–C) groups is 1. The Balaban J connectivity index is 1.77. The molecule has 0 aromatic heterocycles. The van der Waals surface area contributed by atoms with Crippen LogP contribution in [0.1, 0.15) is 58.3 Å². The van der Waals surface area contributed by atoms with Gasteiger partial charge in [-0.05, 0) is 113 Å². The lowest BCUT2D eigenvalue weighted by atomic mass is 9.91. The number of carbonyl (C=O) groups is 2. The van der Waals surface area contributed by atoms with E-state index in [1.165, 1.54) is 0 Å². The van der Waals surface area contributed by atoms with E-state index < -0.39 is 32.0 Å². The summed E-state index contributed by atoms with van der Waals surface area (Å²) in [6, 6.07) is 10.7. The number of esters is 1. The molecule has 0 fully saturated rings. The molecule has 1 aliphatic rings. The highest BCUT2D eigenvalue weighted by Gasteiger charge is 2.25. The molecule has 5 N–H and O–H groups in total. The van der Waals surface area contributed by atoms with Gasteiger partial charge in [-0.15, -0.1) is 0 Å².